The number of hydrogen-bond donors (Lipinski definition) is 2. The van der Waals surface area contributed by atoms with Crippen molar-refractivity contribution in [3.63, 3.8) is 0 Å². The predicted molar refractivity (Wildman–Crippen MR) is 127 cm³/mol. The summed E-state index contributed by atoms with van der Waals surface area (Å²) in [4.78, 5) is 11.5. The van der Waals surface area contributed by atoms with Gasteiger partial charge in [0, 0.05) is 48.2 Å². The van der Waals surface area contributed by atoms with Gasteiger partial charge in [0.2, 0.25) is 5.95 Å². The van der Waals surface area contributed by atoms with Gasteiger partial charge in [0.1, 0.15) is 5.82 Å². The molecule has 0 spiro atoms. The quantitative estimate of drug-likeness (QED) is 0.525. The zero-order valence-electron chi connectivity index (χ0n) is 17.3. The van der Waals surface area contributed by atoms with E-state index in [0.29, 0.717) is 18.0 Å². The molecule has 1 heterocycles. The van der Waals surface area contributed by atoms with E-state index in [-0.39, 0.29) is 0 Å². The van der Waals surface area contributed by atoms with E-state index in [1.807, 2.05) is 55.4 Å². The van der Waals surface area contributed by atoms with Crippen molar-refractivity contribution >= 4 is 45.9 Å². The van der Waals surface area contributed by atoms with Crippen molar-refractivity contribution in [2.75, 3.05) is 24.3 Å². The topological polar surface area (TPSA) is 53.1 Å². The Morgan fingerprint density at radius 1 is 0.967 bits per heavy atom. The van der Waals surface area contributed by atoms with Gasteiger partial charge in [-0.25, -0.2) is 4.98 Å². The first-order chi connectivity index (χ1) is 14.5. The van der Waals surface area contributed by atoms with Crippen LogP contribution in [-0.4, -0.2) is 36.1 Å². The molecule has 1 aromatic heterocycles. The molecule has 2 N–H and O–H groups in total. The second kappa shape index (κ2) is 9.38. The van der Waals surface area contributed by atoms with Crippen LogP contribution in [0.1, 0.15) is 31.2 Å². The number of hydrogen-bond acceptors (Lipinski definition) is 5. The number of aromatic nitrogens is 2. The molecule has 5 nitrogen and oxygen atoms in total. The third-order valence-corrected chi connectivity index (χ3v) is 6.26. The van der Waals surface area contributed by atoms with Crippen molar-refractivity contribution in [2.24, 2.45) is 0 Å². The molecule has 30 heavy (non-hydrogen) atoms. The molecule has 0 atom stereocenters. The zero-order valence-corrected chi connectivity index (χ0v) is 18.8. The van der Waals surface area contributed by atoms with Gasteiger partial charge in [-0.15, -0.1) is 0 Å². The molecule has 4 rings (SSSR count). The fraction of sp³-hybridized carbons (Fsp3) is 0.391. The van der Waals surface area contributed by atoms with Crippen molar-refractivity contribution in [1.29, 1.82) is 0 Å². The first-order valence-electron chi connectivity index (χ1n) is 10.4. The molecule has 0 unspecified atom stereocenters. The Labute approximate surface area is 187 Å². The molecule has 158 valence electrons. The molecule has 1 aliphatic carbocycles. The summed E-state index contributed by atoms with van der Waals surface area (Å²) in [5, 5.41) is 9.74. The highest BCUT2D eigenvalue weighted by atomic mass is 35.5. The maximum Gasteiger partial charge on any atom is 0.225 e. The lowest BCUT2D eigenvalue weighted by Crippen LogP contribution is -2.37. The molecule has 0 aliphatic heterocycles. The molecule has 1 saturated carbocycles. The Bertz CT molecular complexity index is 1020. The number of fused-ring (bicyclic) bond motifs is 1. The maximum atomic E-state index is 6.28. The molecule has 0 saturated heterocycles. The number of para-hydroxylation sites is 1. The Kier molecular flexibility index (Phi) is 6.61. The number of halogens is 2. The SMILES string of the molecule is CN(C)c1nc(N[C@H]2CC[C@@H](NCc3cc(Cl)ccc3Cl)CC2)nc2ccccc12. The van der Waals surface area contributed by atoms with E-state index in [1.54, 1.807) is 0 Å². The highest BCUT2D eigenvalue weighted by Crippen LogP contribution is 2.27. The lowest BCUT2D eigenvalue weighted by Gasteiger charge is -2.30. The average Bonchev–Trinajstić information content (AvgIpc) is 2.74. The average molecular weight is 444 g/mol. The van der Waals surface area contributed by atoms with Crippen LogP contribution in [0.4, 0.5) is 11.8 Å². The summed E-state index contributed by atoms with van der Waals surface area (Å²) in [6.07, 6.45) is 4.36. The number of rotatable bonds is 6. The van der Waals surface area contributed by atoms with Crippen molar-refractivity contribution < 1.29 is 0 Å². The zero-order chi connectivity index (χ0) is 21.1. The van der Waals surface area contributed by atoms with E-state index in [4.69, 9.17) is 33.2 Å². The van der Waals surface area contributed by atoms with Crippen LogP contribution in [0, 0.1) is 0 Å². The van der Waals surface area contributed by atoms with Crippen LogP contribution < -0.4 is 15.5 Å². The van der Waals surface area contributed by atoms with Crippen molar-refractivity contribution in [2.45, 2.75) is 44.3 Å². The normalized spacial score (nSPS) is 19.1. The van der Waals surface area contributed by atoms with Crippen LogP contribution in [0.25, 0.3) is 10.9 Å². The number of anilines is 2. The van der Waals surface area contributed by atoms with Gasteiger partial charge in [-0.3, -0.25) is 0 Å². The molecule has 0 radical (unpaired) electrons. The first kappa shape index (κ1) is 21.2. The van der Waals surface area contributed by atoms with Gasteiger partial charge in [-0.05, 0) is 61.6 Å². The van der Waals surface area contributed by atoms with Crippen molar-refractivity contribution in [3.8, 4) is 0 Å². The minimum atomic E-state index is 0.383. The lowest BCUT2D eigenvalue weighted by atomic mass is 9.91. The summed E-state index contributed by atoms with van der Waals surface area (Å²) < 4.78 is 0. The first-order valence-corrected chi connectivity index (χ1v) is 11.1. The predicted octanol–water partition coefficient (Wildman–Crippen LogP) is 5.52. The molecular weight excluding hydrogens is 417 g/mol. The van der Waals surface area contributed by atoms with Crippen molar-refractivity contribution in [3.05, 3.63) is 58.1 Å². The van der Waals surface area contributed by atoms with Crippen LogP contribution in [0.2, 0.25) is 10.0 Å². The maximum absolute atomic E-state index is 6.28. The number of nitrogens with zero attached hydrogens (tertiary/aromatic N) is 3. The molecule has 0 amide bonds. The Balaban J connectivity index is 1.35. The molecule has 2 aromatic carbocycles. The van der Waals surface area contributed by atoms with Gasteiger partial charge in [0.25, 0.3) is 0 Å². The summed E-state index contributed by atoms with van der Waals surface area (Å²) in [6.45, 7) is 0.738. The van der Waals surface area contributed by atoms with Gasteiger partial charge in [0.15, 0.2) is 0 Å². The summed E-state index contributed by atoms with van der Waals surface area (Å²) in [7, 11) is 4.03. The largest absolute Gasteiger partial charge is 0.362 e. The van der Waals surface area contributed by atoms with E-state index in [0.717, 1.165) is 64.6 Å². The van der Waals surface area contributed by atoms with Crippen LogP contribution >= 0.6 is 23.2 Å². The van der Waals surface area contributed by atoms with Crippen LogP contribution in [0.5, 0.6) is 0 Å². The third kappa shape index (κ3) is 4.97. The van der Waals surface area contributed by atoms with Gasteiger partial charge in [-0.1, -0.05) is 35.3 Å². The highest BCUT2D eigenvalue weighted by molar-refractivity contribution is 6.33. The second-order valence-electron chi connectivity index (χ2n) is 8.09. The lowest BCUT2D eigenvalue weighted by molar-refractivity contribution is 0.352. The molecule has 1 aliphatic rings. The van der Waals surface area contributed by atoms with E-state index >= 15 is 0 Å². The molecular formula is C23H27Cl2N5. The monoisotopic (exact) mass is 443 g/mol. The highest BCUT2D eigenvalue weighted by Gasteiger charge is 2.22. The molecule has 7 heteroatoms. The third-order valence-electron chi connectivity index (χ3n) is 5.66. The summed E-state index contributed by atoms with van der Waals surface area (Å²) in [5.74, 6) is 1.65. The van der Waals surface area contributed by atoms with Gasteiger partial charge < -0.3 is 15.5 Å². The Morgan fingerprint density at radius 3 is 2.47 bits per heavy atom. The Hall–Kier alpha value is -2.08. The van der Waals surface area contributed by atoms with Gasteiger partial charge in [0.05, 0.1) is 5.52 Å². The van der Waals surface area contributed by atoms with E-state index in [9.17, 15) is 0 Å². The Morgan fingerprint density at radius 2 is 1.70 bits per heavy atom. The van der Waals surface area contributed by atoms with E-state index in [1.165, 1.54) is 0 Å². The van der Waals surface area contributed by atoms with Gasteiger partial charge in [-0.2, -0.15) is 4.98 Å². The van der Waals surface area contributed by atoms with Crippen LogP contribution in [0.3, 0.4) is 0 Å². The smallest absolute Gasteiger partial charge is 0.225 e. The second-order valence-corrected chi connectivity index (χ2v) is 8.94. The standard InChI is InChI=1S/C23H27Cl2N5/c1-30(2)22-19-5-3-4-6-21(19)28-23(29-22)27-18-10-8-17(9-11-18)26-14-15-13-16(24)7-12-20(15)25/h3-7,12-13,17-18,26H,8-11,14H2,1-2H3,(H,27,28,29)/t17-,18+. The van der Waals surface area contributed by atoms with E-state index in [2.05, 4.69) is 16.7 Å². The molecule has 0 bridgehead atoms. The van der Waals surface area contributed by atoms with Crippen LogP contribution in [0.15, 0.2) is 42.5 Å². The fourth-order valence-electron chi connectivity index (χ4n) is 4.02. The fourth-order valence-corrected chi connectivity index (χ4v) is 4.40. The summed E-state index contributed by atoms with van der Waals surface area (Å²) >= 11 is 12.4. The van der Waals surface area contributed by atoms with Gasteiger partial charge >= 0.3 is 0 Å². The molecule has 1 fully saturated rings. The minimum Gasteiger partial charge on any atom is -0.362 e. The summed E-state index contributed by atoms with van der Waals surface area (Å²) in [5.41, 5.74) is 2.01. The molecule has 3 aromatic rings. The number of nitrogens with one attached hydrogen (secondary N) is 2. The number of benzene rings is 2. The summed E-state index contributed by atoms with van der Waals surface area (Å²) in [6, 6.07) is 14.6. The van der Waals surface area contributed by atoms with E-state index < -0.39 is 0 Å². The minimum absolute atomic E-state index is 0.383. The van der Waals surface area contributed by atoms with Crippen LogP contribution in [-0.2, 0) is 6.54 Å². The van der Waals surface area contributed by atoms with Crippen molar-refractivity contribution in [1.82, 2.24) is 15.3 Å².